The number of carbonyl (C=O) groups is 3. The van der Waals surface area contributed by atoms with Crippen molar-refractivity contribution in [1.82, 2.24) is 0 Å². The number of anilines is 2. The van der Waals surface area contributed by atoms with E-state index in [1.54, 1.807) is 54.6 Å². The van der Waals surface area contributed by atoms with Crippen LogP contribution in [-0.4, -0.2) is 23.7 Å². The van der Waals surface area contributed by atoms with E-state index in [1.165, 1.54) is 0 Å². The Balaban J connectivity index is 1.37. The Morgan fingerprint density at radius 2 is 1.73 bits per heavy atom. The lowest BCUT2D eigenvalue weighted by Gasteiger charge is -2.12. The van der Waals surface area contributed by atoms with Crippen LogP contribution in [0.15, 0.2) is 77.7 Å². The van der Waals surface area contributed by atoms with Crippen LogP contribution in [0, 0.1) is 6.92 Å². The van der Waals surface area contributed by atoms with E-state index in [0.29, 0.717) is 21.4 Å². The number of nitrogens with zero attached hydrogens (tertiary/aromatic N) is 1. The molecule has 6 nitrogen and oxygen atoms in total. The Hall–Kier alpha value is -3.55. The van der Waals surface area contributed by atoms with Gasteiger partial charge in [-0.25, -0.2) is 4.90 Å². The van der Waals surface area contributed by atoms with Gasteiger partial charge < -0.3 is 10.1 Å². The minimum Gasteiger partial charge on any atom is -0.484 e. The van der Waals surface area contributed by atoms with E-state index >= 15 is 0 Å². The molecule has 8 heteroatoms. The van der Waals surface area contributed by atoms with Crippen molar-refractivity contribution >= 4 is 57.9 Å². The molecule has 0 saturated carbocycles. The van der Waals surface area contributed by atoms with Gasteiger partial charge in [-0.3, -0.25) is 14.4 Å². The average molecular weight is 479 g/mol. The summed E-state index contributed by atoms with van der Waals surface area (Å²) >= 11 is 6.76. The van der Waals surface area contributed by atoms with Gasteiger partial charge in [0.05, 0.1) is 10.6 Å². The topological polar surface area (TPSA) is 75.7 Å². The molecular formula is C25H19ClN2O4S. The third-order valence-corrected chi connectivity index (χ3v) is 5.97. The number of ether oxygens (including phenoxy) is 1. The van der Waals surface area contributed by atoms with Crippen molar-refractivity contribution in [3.63, 3.8) is 0 Å². The molecule has 4 rings (SSSR count). The largest absolute Gasteiger partial charge is 0.484 e. The third kappa shape index (κ3) is 5.45. The number of hydrogen-bond acceptors (Lipinski definition) is 5. The molecule has 3 aromatic rings. The number of amides is 3. The lowest BCUT2D eigenvalue weighted by Crippen LogP contribution is -2.27. The van der Waals surface area contributed by atoms with Crippen molar-refractivity contribution in [3.05, 3.63) is 93.9 Å². The van der Waals surface area contributed by atoms with Crippen molar-refractivity contribution in [1.29, 1.82) is 0 Å². The molecule has 0 radical (unpaired) electrons. The number of nitrogens with one attached hydrogen (secondary N) is 1. The second kappa shape index (κ2) is 9.94. The number of carbonyl (C=O) groups excluding carboxylic acids is 3. The van der Waals surface area contributed by atoms with Gasteiger partial charge in [0.1, 0.15) is 5.75 Å². The summed E-state index contributed by atoms with van der Waals surface area (Å²) in [6.07, 6.45) is 1.65. The first-order chi connectivity index (χ1) is 15.9. The van der Waals surface area contributed by atoms with Crippen molar-refractivity contribution < 1.29 is 19.1 Å². The van der Waals surface area contributed by atoms with Crippen LogP contribution >= 0.6 is 23.4 Å². The average Bonchev–Trinajstić information content (AvgIpc) is 3.08. The number of benzene rings is 3. The highest BCUT2D eigenvalue weighted by atomic mass is 35.5. The first kappa shape index (κ1) is 22.6. The maximum atomic E-state index is 12.7. The zero-order valence-corrected chi connectivity index (χ0v) is 19.2. The molecule has 1 saturated heterocycles. The minimum absolute atomic E-state index is 0.131. The highest BCUT2D eigenvalue weighted by Crippen LogP contribution is 2.36. The smallest absolute Gasteiger partial charge is 0.298 e. The number of aryl methyl sites for hydroxylation is 1. The fraction of sp³-hybridized carbons (Fsp3) is 0.0800. The number of thioether (sulfide) groups is 1. The van der Waals surface area contributed by atoms with E-state index in [4.69, 9.17) is 16.3 Å². The number of rotatable bonds is 6. The van der Waals surface area contributed by atoms with Crippen LogP contribution in [0.5, 0.6) is 5.75 Å². The predicted octanol–water partition coefficient (Wildman–Crippen LogP) is 5.91. The summed E-state index contributed by atoms with van der Waals surface area (Å²) in [7, 11) is 0. The lowest BCUT2D eigenvalue weighted by molar-refractivity contribution is -0.118. The summed E-state index contributed by atoms with van der Waals surface area (Å²) in [5.74, 6) is -0.133. The summed E-state index contributed by atoms with van der Waals surface area (Å²) in [5.41, 5.74) is 2.91. The first-order valence-electron chi connectivity index (χ1n) is 10.0. The van der Waals surface area contributed by atoms with Crippen molar-refractivity contribution in [2.24, 2.45) is 0 Å². The number of hydrogen-bond donors (Lipinski definition) is 1. The van der Waals surface area contributed by atoms with E-state index < -0.39 is 0 Å². The SMILES string of the molecule is Cc1ccccc1NC(=O)COc1ccc(/C=C2/SC(=O)N(c3ccc(Cl)cc3)C2=O)cc1. The lowest BCUT2D eigenvalue weighted by atomic mass is 10.2. The molecule has 0 unspecified atom stereocenters. The first-order valence-corrected chi connectivity index (χ1v) is 11.2. The molecule has 1 aliphatic rings. The summed E-state index contributed by atoms with van der Waals surface area (Å²) in [6, 6.07) is 20.9. The van der Waals surface area contributed by atoms with Crippen LogP contribution in [0.2, 0.25) is 5.02 Å². The second-order valence-electron chi connectivity index (χ2n) is 7.21. The van der Waals surface area contributed by atoms with Crippen LogP contribution in [0.25, 0.3) is 6.08 Å². The van der Waals surface area contributed by atoms with E-state index in [9.17, 15) is 14.4 Å². The van der Waals surface area contributed by atoms with Crippen molar-refractivity contribution in [2.75, 3.05) is 16.8 Å². The van der Waals surface area contributed by atoms with Crippen molar-refractivity contribution in [3.8, 4) is 5.75 Å². The van der Waals surface area contributed by atoms with Crippen LogP contribution in [0.1, 0.15) is 11.1 Å². The molecule has 0 aromatic heterocycles. The van der Waals surface area contributed by atoms with E-state index in [0.717, 1.165) is 33.5 Å². The van der Waals surface area contributed by atoms with Gasteiger partial charge in [-0.1, -0.05) is 41.9 Å². The van der Waals surface area contributed by atoms with Gasteiger partial charge >= 0.3 is 0 Å². The monoisotopic (exact) mass is 478 g/mol. The summed E-state index contributed by atoms with van der Waals surface area (Å²) in [4.78, 5) is 38.7. The molecule has 1 aliphatic heterocycles. The molecule has 0 atom stereocenters. The summed E-state index contributed by atoms with van der Waals surface area (Å²) in [6.45, 7) is 1.78. The molecule has 0 aliphatic carbocycles. The zero-order valence-electron chi connectivity index (χ0n) is 17.6. The normalized spacial score (nSPS) is 14.6. The molecule has 3 aromatic carbocycles. The molecule has 0 spiro atoms. The van der Waals surface area contributed by atoms with Crippen LogP contribution in [-0.2, 0) is 9.59 Å². The predicted molar refractivity (Wildman–Crippen MR) is 132 cm³/mol. The fourth-order valence-electron chi connectivity index (χ4n) is 3.14. The maximum Gasteiger partial charge on any atom is 0.298 e. The van der Waals surface area contributed by atoms with E-state index in [1.807, 2.05) is 31.2 Å². The summed E-state index contributed by atoms with van der Waals surface area (Å²) < 4.78 is 5.55. The Bertz CT molecular complexity index is 1240. The molecule has 1 N–H and O–H groups in total. The van der Waals surface area contributed by atoms with Crippen LogP contribution in [0.3, 0.4) is 0 Å². The molecule has 3 amide bonds. The number of halogens is 1. The Kier molecular flexibility index (Phi) is 6.82. The molecule has 1 heterocycles. The Morgan fingerprint density at radius 3 is 2.42 bits per heavy atom. The van der Waals surface area contributed by atoms with E-state index in [2.05, 4.69) is 5.32 Å². The molecule has 33 heavy (non-hydrogen) atoms. The standard InChI is InChI=1S/C25H19ClN2O4S/c1-16-4-2-3-5-21(16)27-23(29)15-32-20-12-6-17(7-13-20)14-22-24(30)28(25(31)33-22)19-10-8-18(26)9-11-19/h2-14H,15H2,1H3,(H,27,29)/b22-14+. The number of para-hydroxylation sites is 1. The highest BCUT2D eigenvalue weighted by molar-refractivity contribution is 8.19. The highest BCUT2D eigenvalue weighted by Gasteiger charge is 2.36. The van der Waals surface area contributed by atoms with Crippen LogP contribution in [0.4, 0.5) is 16.2 Å². The number of imide groups is 1. The molecule has 1 fully saturated rings. The van der Waals surface area contributed by atoms with Gasteiger partial charge in [0.15, 0.2) is 6.61 Å². The maximum absolute atomic E-state index is 12.7. The van der Waals surface area contributed by atoms with Crippen molar-refractivity contribution in [2.45, 2.75) is 6.92 Å². The zero-order chi connectivity index (χ0) is 23.4. The second-order valence-corrected chi connectivity index (χ2v) is 8.64. The quantitative estimate of drug-likeness (QED) is 0.446. The fourth-order valence-corrected chi connectivity index (χ4v) is 4.11. The van der Waals surface area contributed by atoms with Gasteiger partial charge in [-0.05, 0) is 78.4 Å². The van der Waals surface area contributed by atoms with Gasteiger partial charge in [0.25, 0.3) is 17.1 Å². The third-order valence-electron chi connectivity index (χ3n) is 4.85. The molecule has 166 valence electrons. The van der Waals surface area contributed by atoms with Gasteiger partial charge in [0, 0.05) is 10.7 Å². The summed E-state index contributed by atoms with van der Waals surface area (Å²) in [5, 5.41) is 2.97. The molecular weight excluding hydrogens is 460 g/mol. The van der Waals surface area contributed by atoms with Gasteiger partial charge in [0.2, 0.25) is 0 Å². The van der Waals surface area contributed by atoms with Gasteiger partial charge in [-0.2, -0.15) is 0 Å². The van der Waals surface area contributed by atoms with E-state index in [-0.39, 0.29) is 23.7 Å². The molecule has 0 bridgehead atoms. The Morgan fingerprint density at radius 1 is 1.03 bits per heavy atom. The van der Waals surface area contributed by atoms with Crippen LogP contribution < -0.4 is 15.0 Å². The van der Waals surface area contributed by atoms with Gasteiger partial charge in [-0.15, -0.1) is 0 Å². The minimum atomic E-state index is -0.388. The Labute approximate surface area is 200 Å².